The summed E-state index contributed by atoms with van der Waals surface area (Å²) in [7, 11) is 0. The summed E-state index contributed by atoms with van der Waals surface area (Å²) in [6.07, 6.45) is 12.3. The summed E-state index contributed by atoms with van der Waals surface area (Å²) in [5.74, 6) is 0.983. The van der Waals surface area contributed by atoms with E-state index in [0.717, 1.165) is 34.8 Å². The maximum Gasteiger partial charge on any atom is 0.160 e. The number of fused-ring (bicyclic) bond motifs is 7. The van der Waals surface area contributed by atoms with E-state index < -0.39 is 0 Å². The smallest absolute Gasteiger partial charge is 0.160 e. The van der Waals surface area contributed by atoms with Crippen LogP contribution in [0.3, 0.4) is 0 Å². The molecule has 10 rings (SSSR count). The zero-order valence-corrected chi connectivity index (χ0v) is 29.5. The quantitative estimate of drug-likeness (QED) is 0.188. The van der Waals surface area contributed by atoms with Gasteiger partial charge in [0.1, 0.15) is 0 Å². The van der Waals surface area contributed by atoms with Crippen LogP contribution in [0, 0.1) is 0 Å². The number of hydrogen-bond donors (Lipinski definition) is 0. The van der Waals surface area contributed by atoms with Crippen molar-refractivity contribution in [2.45, 2.75) is 69.1 Å². The van der Waals surface area contributed by atoms with Gasteiger partial charge in [-0.25, -0.2) is 9.97 Å². The molecule has 1 spiro atoms. The highest BCUT2D eigenvalue weighted by atomic mass is 14.9. The second kappa shape index (κ2) is 11.6. The topological polar surface area (TPSA) is 25.8 Å². The van der Waals surface area contributed by atoms with E-state index in [1.807, 2.05) is 0 Å². The molecular weight excluding hydrogens is 617 g/mol. The minimum absolute atomic E-state index is 0.00455. The lowest BCUT2D eigenvalue weighted by Gasteiger charge is -2.39. The molecule has 5 aromatic carbocycles. The fourth-order valence-corrected chi connectivity index (χ4v) is 9.86. The van der Waals surface area contributed by atoms with Gasteiger partial charge in [-0.1, -0.05) is 160 Å². The molecule has 2 heteroatoms. The third kappa shape index (κ3) is 4.76. The van der Waals surface area contributed by atoms with Crippen LogP contribution in [0.1, 0.15) is 86.2 Å². The Bertz CT molecular complexity index is 2370. The molecule has 1 heterocycles. The van der Waals surface area contributed by atoms with Crippen LogP contribution in [0.5, 0.6) is 0 Å². The SMILES string of the molecule is CC1(C)c2ccccc2-c2cc3c(cc21)C1=C(CC(c2cc(-c4ccc(-c5ccccc5)cc4)nc(-c4ccccc4)n2)C=C1)C31CCCCC1. The van der Waals surface area contributed by atoms with Crippen LogP contribution in [-0.2, 0) is 10.8 Å². The first-order valence-corrected chi connectivity index (χ1v) is 18.8. The Morgan fingerprint density at radius 3 is 1.96 bits per heavy atom. The Hall–Kier alpha value is -5.34. The van der Waals surface area contributed by atoms with Gasteiger partial charge in [-0.05, 0) is 87.5 Å². The molecule has 0 amide bonds. The Kier molecular flexibility index (Phi) is 6.93. The fraction of sp³-hybridized carbons (Fsp3) is 0.224. The van der Waals surface area contributed by atoms with E-state index in [4.69, 9.17) is 9.97 Å². The highest BCUT2D eigenvalue weighted by Gasteiger charge is 2.48. The lowest BCUT2D eigenvalue weighted by Crippen LogP contribution is -2.30. The number of rotatable bonds is 4. The normalized spacial score (nSPS) is 19.1. The second-order valence-corrected chi connectivity index (χ2v) is 15.6. The van der Waals surface area contributed by atoms with Crippen molar-refractivity contribution in [2.24, 2.45) is 0 Å². The van der Waals surface area contributed by atoms with Crippen LogP contribution in [0.25, 0.3) is 50.5 Å². The van der Waals surface area contributed by atoms with Gasteiger partial charge in [0.2, 0.25) is 0 Å². The number of aromatic nitrogens is 2. The van der Waals surface area contributed by atoms with Crippen molar-refractivity contribution < 1.29 is 0 Å². The van der Waals surface area contributed by atoms with Gasteiger partial charge < -0.3 is 0 Å². The van der Waals surface area contributed by atoms with Gasteiger partial charge in [0, 0.05) is 27.9 Å². The Labute approximate surface area is 301 Å². The van der Waals surface area contributed by atoms with Crippen LogP contribution in [-0.4, -0.2) is 9.97 Å². The molecule has 0 saturated heterocycles. The van der Waals surface area contributed by atoms with E-state index in [-0.39, 0.29) is 16.7 Å². The highest BCUT2D eigenvalue weighted by molar-refractivity contribution is 5.92. The van der Waals surface area contributed by atoms with E-state index in [1.54, 1.807) is 11.1 Å². The largest absolute Gasteiger partial charge is 0.232 e. The first-order valence-electron chi connectivity index (χ1n) is 18.8. The van der Waals surface area contributed by atoms with Crippen LogP contribution >= 0.6 is 0 Å². The van der Waals surface area contributed by atoms with E-state index in [9.17, 15) is 0 Å². The van der Waals surface area contributed by atoms with E-state index in [2.05, 4.69) is 153 Å². The predicted molar refractivity (Wildman–Crippen MR) is 211 cm³/mol. The molecule has 0 bridgehead atoms. The van der Waals surface area contributed by atoms with Gasteiger partial charge in [0.15, 0.2) is 5.82 Å². The average molecular weight is 659 g/mol. The number of benzene rings is 5. The third-order valence-corrected chi connectivity index (χ3v) is 12.5. The monoisotopic (exact) mass is 658 g/mol. The first kappa shape index (κ1) is 30.5. The zero-order valence-electron chi connectivity index (χ0n) is 29.5. The van der Waals surface area contributed by atoms with Crippen LogP contribution in [0.4, 0.5) is 0 Å². The van der Waals surface area contributed by atoms with Gasteiger partial charge in [-0.2, -0.15) is 0 Å². The van der Waals surface area contributed by atoms with E-state index in [0.29, 0.717) is 0 Å². The maximum absolute atomic E-state index is 5.32. The molecule has 248 valence electrons. The summed E-state index contributed by atoms with van der Waals surface area (Å²) in [5.41, 5.74) is 18.8. The predicted octanol–water partition coefficient (Wildman–Crippen LogP) is 12.5. The Balaban J connectivity index is 1.07. The molecule has 6 aromatic rings. The molecule has 0 N–H and O–H groups in total. The van der Waals surface area contributed by atoms with Crippen molar-refractivity contribution in [2.75, 3.05) is 0 Å². The van der Waals surface area contributed by atoms with Crippen molar-refractivity contribution >= 4 is 5.57 Å². The molecular formula is C49H42N2. The molecule has 1 fully saturated rings. The summed E-state index contributed by atoms with van der Waals surface area (Å²) in [6, 6.07) is 46.5. The molecule has 51 heavy (non-hydrogen) atoms. The summed E-state index contributed by atoms with van der Waals surface area (Å²) in [5, 5.41) is 0. The minimum atomic E-state index is -0.00455. The first-order chi connectivity index (χ1) is 25.0. The Morgan fingerprint density at radius 1 is 0.549 bits per heavy atom. The number of nitrogens with zero attached hydrogens (tertiary/aromatic N) is 2. The van der Waals surface area contributed by atoms with E-state index >= 15 is 0 Å². The standard InChI is InChI=1S/C49H42N2/c1-48(2)41-19-11-10-18-37(41)39-30-44-40(29-42(39)48)38-25-24-36(28-43(38)49(44)26-12-5-13-27-49)46-31-45(50-47(51-46)35-16-8-4-9-17-35)34-22-20-33(21-23-34)32-14-6-3-7-15-32/h3-4,6-11,14-25,29-31,36H,5,12-13,26-28H2,1-2H3. The highest BCUT2D eigenvalue weighted by Crippen LogP contribution is 2.61. The number of allylic oxidation sites excluding steroid dienone is 4. The van der Waals surface area contributed by atoms with Crippen LogP contribution < -0.4 is 0 Å². The van der Waals surface area contributed by atoms with Crippen molar-refractivity contribution in [1.82, 2.24) is 9.97 Å². The van der Waals surface area contributed by atoms with Crippen molar-refractivity contribution in [1.29, 1.82) is 0 Å². The Morgan fingerprint density at radius 2 is 1.20 bits per heavy atom. The maximum atomic E-state index is 5.32. The van der Waals surface area contributed by atoms with Crippen LogP contribution in [0.15, 0.2) is 145 Å². The molecule has 1 unspecified atom stereocenters. The molecule has 0 aliphatic heterocycles. The lowest BCUT2D eigenvalue weighted by molar-refractivity contribution is 0.335. The second-order valence-electron chi connectivity index (χ2n) is 15.6. The average Bonchev–Trinajstić information content (AvgIpc) is 3.58. The third-order valence-electron chi connectivity index (χ3n) is 12.5. The van der Waals surface area contributed by atoms with Gasteiger partial charge in [-0.3, -0.25) is 0 Å². The molecule has 1 saturated carbocycles. The molecule has 1 aromatic heterocycles. The summed E-state index contributed by atoms with van der Waals surface area (Å²) < 4.78 is 0. The van der Waals surface area contributed by atoms with Gasteiger partial charge in [0.25, 0.3) is 0 Å². The summed E-state index contributed by atoms with van der Waals surface area (Å²) in [4.78, 5) is 10.5. The van der Waals surface area contributed by atoms with Gasteiger partial charge >= 0.3 is 0 Å². The molecule has 4 aliphatic rings. The van der Waals surface area contributed by atoms with E-state index in [1.165, 1.54) is 76.6 Å². The minimum Gasteiger partial charge on any atom is -0.232 e. The lowest BCUT2D eigenvalue weighted by atomic mass is 9.64. The van der Waals surface area contributed by atoms with Crippen molar-refractivity contribution in [3.8, 4) is 44.9 Å². The van der Waals surface area contributed by atoms with Gasteiger partial charge in [-0.15, -0.1) is 0 Å². The molecule has 2 nitrogen and oxygen atoms in total. The molecule has 1 atom stereocenters. The van der Waals surface area contributed by atoms with Crippen LogP contribution in [0.2, 0.25) is 0 Å². The summed E-state index contributed by atoms with van der Waals surface area (Å²) >= 11 is 0. The molecule has 0 radical (unpaired) electrons. The number of hydrogen-bond acceptors (Lipinski definition) is 2. The fourth-order valence-electron chi connectivity index (χ4n) is 9.86. The summed E-state index contributed by atoms with van der Waals surface area (Å²) in [6.45, 7) is 4.81. The van der Waals surface area contributed by atoms with Crippen molar-refractivity contribution in [3.05, 3.63) is 173 Å². The zero-order chi connectivity index (χ0) is 34.2. The van der Waals surface area contributed by atoms with Crippen molar-refractivity contribution in [3.63, 3.8) is 0 Å². The van der Waals surface area contributed by atoms with Gasteiger partial charge in [0.05, 0.1) is 11.4 Å². The molecule has 4 aliphatic carbocycles.